The smallest absolute Gasteiger partial charge is 0.332 e. The molecule has 2 aliphatic rings. The molecule has 1 saturated carbocycles. The van der Waals surface area contributed by atoms with Gasteiger partial charge in [0, 0.05) is 23.1 Å². The van der Waals surface area contributed by atoms with Crippen molar-refractivity contribution >= 4 is 17.5 Å². The van der Waals surface area contributed by atoms with E-state index in [2.05, 4.69) is 0 Å². The van der Waals surface area contributed by atoms with Gasteiger partial charge in [-0.05, 0) is 49.0 Å². The highest BCUT2D eigenvalue weighted by Crippen LogP contribution is 2.54. The fourth-order valence-corrected chi connectivity index (χ4v) is 5.30. The van der Waals surface area contributed by atoms with Crippen molar-refractivity contribution in [1.82, 2.24) is 0 Å². The molecule has 162 valence electrons. The van der Waals surface area contributed by atoms with Gasteiger partial charge in [-0.25, -0.2) is 4.79 Å². The molecule has 1 aromatic carbocycles. The molecule has 0 aromatic heterocycles. The minimum atomic E-state index is -1.27. The van der Waals surface area contributed by atoms with Gasteiger partial charge in [-0.3, -0.25) is 4.79 Å². The van der Waals surface area contributed by atoms with Crippen molar-refractivity contribution in [3.05, 3.63) is 41.0 Å². The van der Waals surface area contributed by atoms with Crippen molar-refractivity contribution in [2.24, 2.45) is 17.3 Å². The molecule has 2 N–H and O–H groups in total. The lowest BCUT2D eigenvalue weighted by molar-refractivity contribution is -0.153. The van der Waals surface area contributed by atoms with E-state index in [0.29, 0.717) is 28.2 Å². The minimum absolute atomic E-state index is 0.111. The molecule has 1 aromatic rings. The van der Waals surface area contributed by atoms with Crippen LogP contribution in [0.2, 0.25) is 0 Å². The van der Waals surface area contributed by atoms with Crippen molar-refractivity contribution in [2.45, 2.75) is 46.0 Å². The third kappa shape index (κ3) is 3.48. The zero-order valence-corrected chi connectivity index (χ0v) is 18.0. The Morgan fingerprint density at radius 3 is 2.27 bits per heavy atom. The Balaban J connectivity index is 2.29. The second kappa shape index (κ2) is 8.54. The molecule has 6 nitrogen and oxygen atoms in total. The van der Waals surface area contributed by atoms with Crippen LogP contribution in [0.3, 0.4) is 0 Å². The van der Waals surface area contributed by atoms with E-state index in [1.54, 1.807) is 39.2 Å². The van der Waals surface area contributed by atoms with E-state index in [1.165, 1.54) is 7.11 Å². The van der Waals surface area contributed by atoms with E-state index >= 15 is 0 Å². The summed E-state index contributed by atoms with van der Waals surface area (Å²) in [6, 6.07) is 5.30. The standard InChI is InChI=1S/C24H30O6/c1-14-19(18-11-10-17(29-3)12-20(18)30-4)13-24(23(27)28,15(2)21(14)22(25)26)16-8-6-5-7-9-16/h10-13,15-16H,5-9H2,1-4H3,(H,25,26)(H,27,28). The van der Waals surface area contributed by atoms with Gasteiger partial charge in [-0.2, -0.15) is 0 Å². The first-order chi connectivity index (χ1) is 14.3. The van der Waals surface area contributed by atoms with E-state index in [-0.39, 0.29) is 11.5 Å². The molecular weight excluding hydrogens is 384 g/mol. The largest absolute Gasteiger partial charge is 0.497 e. The van der Waals surface area contributed by atoms with E-state index in [9.17, 15) is 19.8 Å². The summed E-state index contributed by atoms with van der Waals surface area (Å²) in [5.41, 5.74) is 0.749. The number of benzene rings is 1. The Kier molecular flexibility index (Phi) is 6.25. The number of carboxylic acids is 2. The first kappa shape index (κ1) is 21.9. The van der Waals surface area contributed by atoms with Gasteiger partial charge in [-0.15, -0.1) is 0 Å². The van der Waals surface area contributed by atoms with E-state index in [1.807, 2.05) is 6.08 Å². The van der Waals surface area contributed by atoms with E-state index in [0.717, 1.165) is 32.1 Å². The highest BCUT2D eigenvalue weighted by Gasteiger charge is 2.53. The van der Waals surface area contributed by atoms with E-state index < -0.39 is 23.3 Å². The summed E-state index contributed by atoms with van der Waals surface area (Å²) in [7, 11) is 3.09. The Hall–Kier alpha value is -2.76. The van der Waals surface area contributed by atoms with Gasteiger partial charge in [0.2, 0.25) is 0 Å². The topological polar surface area (TPSA) is 93.1 Å². The summed E-state index contributed by atoms with van der Waals surface area (Å²) >= 11 is 0. The summed E-state index contributed by atoms with van der Waals surface area (Å²) in [5, 5.41) is 20.5. The van der Waals surface area contributed by atoms with Gasteiger partial charge in [0.15, 0.2) is 0 Å². The molecular formula is C24H30O6. The van der Waals surface area contributed by atoms with Crippen molar-refractivity contribution in [2.75, 3.05) is 14.2 Å². The monoisotopic (exact) mass is 414 g/mol. The summed E-state index contributed by atoms with van der Waals surface area (Å²) in [6.07, 6.45) is 6.39. The van der Waals surface area contributed by atoms with Crippen molar-refractivity contribution in [1.29, 1.82) is 0 Å². The van der Waals surface area contributed by atoms with Gasteiger partial charge in [0.1, 0.15) is 11.5 Å². The quantitative estimate of drug-likeness (QED) is 0.695. The van der Waals surface area contributed by atoms with Crippen LogP contribution in [0.25, 0.3) is 5.57 Å². The molecule has 0 heterocycles. The summed E-state index contributed by atoms with van der Waals surface area (Å²) < 4.78 is 10.8. The minimum Gasteiger partial charge on any atom is -0.497 e. The van der Waals surface area contributed by atoms with Gasteiger partial charge in [-0.1, -0.05) is 32.3 Å². The average molecular weight is 414 g/mol. The van der Waals surface area contributed by atoms with Crippen LogP contribution in [0.15, 0.2) is 35.4 Å². The van der Waals surface area contributed by atoms with Crippen LogP contribution in [0, 0.1) is 17.3 Å². The Morgan fingerprint density at radius 2 is 1.73 bits per heavy atom. The van der Waals surface area contributed by atoms with Crippen LogP contribution >= 0.6 is 0 Å². The predicted octanol–water partition coefficient (Wildman–Crippen LogP) is 4.79. The van der Waals surface area contributed by atoms with Gasteiger partial charge in [0.05, 0.1) is 19.6 Å². The van der Waals surface area contributed by atoms with Crippen molar-refractivity contribution < 1.29 is 29.3 Å². The number of rotatable bonds is 6. The lowest BCUT2D eigenvalue weighted by Gasteiger charge is -2.45. The molecule has 1 fully saturated rings. The number of hydrogen-bond acceptors (Lipinski definition) is 4. The number of carbonyl (C=O) groups is 2. The molecule has 0 bridgehead atoms. The summed E-state index contributed by atoms with van der Waals surface area (Å²) in [4.78, 5) is 25.1. The highest BCUT2D eigenvalue weighted by atomic mass is 16.5. The number of ether oxygens (including phenoxy) is 2. The fourth-order valence-electron chi connectivity index (χ4n) is 5.30. The Bertz CT molecular complexity index is 906. The van der Waals surface area contributed by atoms with Crippen LogP contribution in [0.4, 0.5) is 0 Å². The summed E-state index contributed by atoms with van der Waals surface area (Å²) in [6.45, 7) is 3.50. The lowest BCUT2D eigenvalue weighted by Crippen LogP contribution is -2.47. The normalized spacial score (nSPS) is 24.9. The maximum atomic E-state index is 12.8. The zero-order valence-electron chi connectivity index (χ0n) is 18.0. The number of hydrogen-bond donors (Lipinski definition) is 2. The molecule has 2 unspecified atom stereocenters. The Morgan fingerprint density at radius 1 is 1.07 bits per heavy atom. The first-order valence-electron chi connectivity index (χ1n) is 10.4. The van der Waals surface area contributed by atoms with Crippen molar-refractivity contribution in [3.63, 3.8) is 0 Å². The van der Waals surface area contributed by atoms with Crippen LogP contribution in [0.5, 0.6) is 11.5 Å². The van der Waals surface area contributed by atoms with Crippen molar-refractivity contribution in [3.8, 4) is 11.5 Å². The van der Waals surface area contributed by atoms with Crippen LogP contribution in [-0.2, 0) is 9.59 Å². The van der Waals surface area contributed by atoms with Crippen LogP contribution < -0.4 is 9.47 Å². The molecule has 2 aliphatic carbocycles. The Labute approximate surface area is 177 Å². The number of methoxy groups -OCH3 is 2. The lowest BCUT2D eigenvalue weighted by atomic mass is 9.57. The molecule has 0 amide bonds. The zero-order chi connectivity index (χ0) is 22.1. The summed E-state index contributed by atoms with van der Waals surface area (Å²) in [5.74, 6) is -1.65. The maximum absolute atomic E-state index is 12.8. The molecule has 3 rings (SSSR count). The van der Waals surface area contributed by atoms with Gasteiger partial charge in [0.25, 0.3) is 0 Å². The first-order valence-corrected chi connectivity index (χ1v) is 10.4. The second-order valence-corrected chi connectivity index (χ2v) is 8.26. The van der Waals surface area contributed by atoms with Crippen LogP contribution in [0.1, 0.15) is 51.5 Å². The second-order valence-electron chi connectivity index (χ2n) is 8.26. The average Bonchev–Trinajstić information content (AvgIpc) is 2.74. The maximum Gasteiger partial charge on any atom is 0.332 e. The number of carboxylic acid groups (broad SMARTS) is 2. The third-order valence-electron chi connectivity index (χ3n) is 6.92. The molecule has 0 saturated heterocycles. The molecule has 30 heavy (non-hydrogen) atoms. The SMILES string of the molecule is COc1ccc(C2=CC(C(=O)O)(C3CCCCC3)C(C)C(C(=O)O)=C2C)c(OC)c1. The predicted molar refractivity (Wildman–Crippen MR) is 114 cm³/mol. The highest BCUT2D eigenvalue weighted by molar-refractivity contribution is 6.00. The third-order valence-corrected chi connectivity index (χ3v) is 6.92. The molecule has 0 spiro atoms. The number of aliphatic carboxylic acids is 2. The van der Waals surface area contributed by atoms with Crippen LogP contribution in [-0.4, -0.2) is 36.4 Å². The van der Waals surface area contributed by atoms with E-state index in [4.69, 9.17) is 9.47 Å². The fraction of sp³-hybridized carbons (Fsp3) is 0.500. The molecule has 0 radical (unpaired) electrons. The van der Waals surface area contributed by atoms with Gasteiger partial charge >= 0.3 is 11.9 Å². The molecule has 0 aliphatic heterocycles. The number of allylic oxidation sites excluding steroid dienone is 2. The molecule has 6 heteroatoms. The molecule has 2 atom stereocenters. The van der Waals surface area contributed by atoms with Gasteiger partial charge < -0.3 is 19.7 Å².